The van der Waals surface area contributed by atoms with E-state index < -0.39 is 0 Å². The average Bonchev–Trinajstić information content (AvgIpc) is 2.67. The minimum atomic E-state index is -0.0352. The normalized spacial score (nSPS) is 11.8. The Morgan fingerprint density at radius 1 is 0.840 bits per heavy atom. The molecule has 0 radical (unpaired) electrons. The van der Waals surface area contributed by atoms with E-state index in [0.717, 1.165) is 23.1 Å². The van der Waals surface area contributed by atoms with Gasteiger partial charge in [-0.25, -0.2) is 0 Å². The number of carbonyl (C=O) groups excluding carboxylic acids is 1. The molecule has 0 saturated heterocycles. The van der Waals surface area contributed by atoms with Gasteiger partial charge in [0.15, 0.2) is 0 Å². The van der Waals surface area contributed by atoms with Crippen LogP contribution in [0.2, 0.25) is 0 Å². The van der Waals surface area contributed by atoms with Crippen molar-refractivity contribution in [2.45, 2.75) is 26.3 Å². The highest BCUT2D eigenvalue weighted by atomic mass is 16.1. The Bertz CT molecular complexity index is 820. The van der Waals surface area contributed by atoms with Crippen molar-refractivity contribution in [3.05, 3.63) is 95.6 Å². The van der Waals surface area contributed by atoms with E-state index in [1.54, 1.807) is 0 Å². The van der Waals surface area contributed by atoms with Gasteiger partial charge in [-0.15, -0.1) is 0 Å². The summed E-state index contributed by atoms with van der Waals surface area (Å²) < 4.78 is 0. The highest BCUT2D eigenvalue weighted by Crippen LogP contribution is 2.21. The van der Waals surface area contributed by atoms with Gasteiger partial charge in [0.1, 0.15) is 0 Å². The van der Waals surface area contributed by atoms with Crippen LogP contribution in [0.1, 0.15) is 40.9 Å². The number of carbonyl (C=O) groups is 1. The first-order valence-electron chi connectivity index (χ1n) is 8.70. The Morgan fingerprint density at radius 2 is 1.44 bits per heavy atom. The van der Waals surface area contributed by atoms with Gasteiger partial charge in [0, 0.05) is 5.56 Å². The minimum Gasteiger partial charge on any atom is -0.345 e. The van der Waals surface area contributed by atoms with Crippen LogP contribution in [0.3, 0.4) is 0 Å². The lowest BCUT2D eigenvalue weighted by molar-refractivity contribution is 0.0935. The van der Waals surface area contributed by atoms with Crippen molar-refractivity contribution < 1.29 is 4.79 Å². The Hall–Kier alpha value is -2.87. The molecule has 0 saturated carbocycles. The first-order valence-corrected chi connectivity index (χ1v) is 8.70. The molecule has 0 fully saturated rings. The van der Waals surface area contributed by atoms with Crippen molar-refractivity contribution in [2.75, 3.05) is 0 Å². The zero-order valence-electron chi connectivity index (χ0n) is 14.7. The van der Waals surface area contributed by atoms with Crippen LogP contribution in [0, 0.1) is 6.92 Å². The Balaban J connectivity index is 1.73. The second-order valence-electron chi connectivity index (χ2n) is 6.29. The minimum absolute atomic E-state index is 0.0295. The van der Waals surface area contributed by atoms with Crippen LogP contribution in [-0.4, -0.2) is 5.91 Å². The maximum absolute atomic E-state index is 12.6. The second kappa shape index (κ2) is 7.80. The van der Waals surface area contributed by atoms with Gasteiger partial charge in [-0.1, -0.05) is 79.2 Å². The number of rotatable bonds is 5. The number of hydrogen-bond donors (Lipinski definition) is 1. The van der Waals surface area contributed by atoms with Crippen molar-refractivity contribution in [2.24, 2.45) is 0 Å². The second-order valence-corrected chi connectivity index (χ2v) is 6.29. The van der Waals surface area contributed by atoms with Gasteiger partial charge in [0.2, 0.25) is 0 Å². The number of hydrogen-bond acceptors (Lipinski definition) is 1. The van der Waals surface area contributed by atoms with E-state index in [1.165, 1.54) is 5.56 Å². The summed E-state index contributed by atoms with van der Waals surface area (Å²) in [5.41, 5.74) is 5.32. The maximum atomic E-state index is 12.6. The third-order valence-corrected chi connectivity index (χ3v) is 4.45. The number of benzene rings is 3. The molecule has 126 valence electrons. The van der Waals surface area contributed by atoms with Gasteiger partial charge >= 0.3 is 0 Å². The van der Waals surface area contributed by atoms with Crippen molar-refractivity contribution >= 4 is 5.91 Å². The Morgan fingerprint density at radius 3 is 2.04 bits per heavy atom. The fraction of sp³-hybridized carbons (Fsp3) is 0.174. The fourth-order valence-corrected chi connectivity index (χ4v) is 2.91. The topological polar surface area (TPSA) is 29.1 Å². The molecule has 3 aromatic rings. The summed E-state index contributed by atoms with van der Waals surface area (Å²) in [6.07, 6.45) is 0.858. The molecule has 0 spiro atoms. The summed E-state index contributed by atoms with van der Waals surface area (Å²) in [7, 11) is 0. The first-order chi connectivity index (χ1) is 12.2. The fourth-order valence-electron chi connectivity index (χ4n) is 2.91. The molecule has 0 unspecified atom stereocenters. The SMILES string of the molecule is CC[C@H](NC(=O)c1ccc(-c2ccccc2)cc1)c1ccc(C)cc1. The summed E-state index contributed by atoms with van der Waals surface area (Å²) in [6.45, 7) is 4.15. The van der Waals surface area contributed by atoms with Gasteiger partial charge in [-0.3, -0.25) is 4.79 Å². The highest BCUT2D eigenvalue weighted by molar-refractivity contribution is 5.95. The van der Waals surface area contributed by atoms with E-state index in [9.17, 15) is 4.79 Å². The molecular weight excluding hydrogens is 306 g/mol. The zero-order chi connectivity index (χ0) is 17.6. The van der Waals surface area contributed by atoms with Crippen molar-refractivity contribution in [3.8, 4) is 11.1 Å². The van der Waals surface area contributed by atoms with E-state index in [-0.39, 0.29) is 11.9 Å². The van der Waals surface area contributed by atoms with Crippen LogP contribution in [0.15, 0.2) is 78.9 Å². The molecule has 1 N–H and O–H groups in total. The summed E-state index contributed by atoms with van der Waals surface area (Å²) in [5, 5.41) is 3.14. The average molecular weight is 329 g/mol. The summed E-state index contributed by atoms with van der Waals surface area (Å²) in [6, 6.07) is 26.3. The molecule has 0 aliphatic carbocycles. The third kappa shape index (κ3) is 4.16. The molecule has 0 aliphatic heterocycles. The van der Waals surface area contributed by atoms with Crippen LogP contribution >= 0.6 is 0 Å². The number of aryl methyl sites for hydroxylation is 1. The number of amides is 1. The zero-order valence-corrected chi connectivity index (χ0v) is 14.7. The van der Waals surface area contributed by atoms with Gasteiger partial charge in [-0.2, -0.15) is 0 Å². The van der Waals surface area contributed by atoms with E-state index in [4.69, 9.17) is 0 Å². The highest BCUT2D eigenvalue weighted by Gasteiger charge is 2.14. The van der Waals surface area contributed by atoms with E-state index in [1.807, 2.05) is 42.5 Å². The van der Waals surface area contributed by atoms with E-state index in [0.29, 0.717) is 5.56 Å². The van der Waals surface area contributed by atoms with Crippen LogP contribution in [0.4, 0.5) is 0 Å². The van der Waals surface area contributed by atoms with Gasteiger partial charge in [-0.05, 0) is 42.2 Å². The van der Waals surface area contributed by atoms with E-state index in [2.05, 4.69) is 55.6 Å². The maximum Gasteiger partial charge on any atom is 0.251 e. The van der Waals surface area contributed by atoms with Crippen LogP contribution < -0.4 is 5.32 Å². The predicted molar refractivity (Wildman–Crippen MR) is 104 cm³/mol. The largest absolute Gasteiger partial charge is 0.345 e. The third-order valence-electron chi connectivity index (χ3n) is 4.45. The standard InChI is InChI=1S/C23H23NO/c1-3-22(20-11-9-17(2)10-12-20)24-23(25)21-15-13-19(14-16-21)18-7-5-4-6-8-18/h4-16,22H,3H2,1-2H3,(H,24,25)/t22-/m0/s1. The molecule has 0 bridgehead atoms. The molecule has 3 aromatic carbocycles. The lowest BCUT2D eigenvalue weighted by Crippen LogP contribution is -2.28. The van der Waals surface area contributed by atoms with Crippen LogP contribution in [0.25, 0.3) is 11.1 Å². The van der Waals surface area contributed by atoms with Crippen molar-refractivity contribution in [1.82, 2.24) is 5.32 Å². The molecule has 2 nitrogen and oxygen atoms in total. The molecule has 3 rings (SSSR count). The molecular formula is C23H23NO. The Labute approximate surface area is 149 Å². The lowest BCUT2D eigenvalue weighted by atomic mass is 10.0. The summed E-state index contributed by atoms with van der Waals surface area (Å²) in [4.78, 5) is 12.6. The molecule has 25 heavy (non-hydrogen) atoms. The van der Waals surface area contributed by atoms with Crippen LogP contribution in [0.5, 0.6) is 0 Å². The lowest BCUT2D eigenvalue weighted by Gasteiger charge is -2.18. The Kier molecular flexibility index (Phi) is 5.30. The molecule has 1 amide bonds. The molecule has 0 aromatic heterocycles. The molecule has 2 heteroatoms. The van der Waals surface area contributed by atoms with Crippen molar-refractivity contribution in [3.63, 3.8) is 0 Å². The van der Waals surface area contributed by atoms with Gasteiger partial charge < -0.3 is 5.32 Å². The van der Waals surface area contributed by atoms with E-state index >= 15 is 0 Å². The molecule has 0 aliphatic rings. The predicted octanol–water partition coefficient (Wildman–Crippen LogP) is 5.54. The molecule has 1 atom stereocenters. The van der Waals surface area contributed by atoms with Crippen LogP contribution in [-0.2, 0) is 0 Å². The van der Waals surface area contributed by atoms with Crippen molar-refractivity contribution in [1.29, 1.82) is 0 Å². The number of nitrogens with one attached hydrogen (secondary N) is 1. The van der Waals surface area contributed by atoms with Gasteiger partial charge in [0.05, 0.1) is 6.04 Å². The monoisotopic (exact) mass is 329 g/mol. The summed E-state index contributed by atoms with van der Waals surface area (Å²) in [5.74, 6) is -0.0352. The smallest absolute Gasteiger partial charge is 0.251 e. The first kappa shape index (κ1) is 17.0. The molecule has 0 heterocycles. The quantitative estimate of drug-likeness (QED) is 0.654. The van der Waals surface area contributed by atoms with Gasteiger partial charge in [0.25, 0.3) is 5.91 Å². The summed E-state index contributed by atoms with van der Waals surface area (Å²) >= 11 is 0.